The second-order valence-corrected chi connectivity index (χ2v) is 3.29. The molecule has 0 aliphatic carbocycles. The lowest BCUT2D eigenvalue weighted by molar-refractivity contribution is 0.0694. The molecule has 0 fully saturated rings. The van der Waals surface area contributed by atoms with E-state index >= 15 is 0 Å². The Bertz CT molecular complexity index is 540. The van der Waals surface area contributed by atoms with Crippen molar-refractivity contribution in [3.63, 3.8) is 0 Å². The molecule has 0 aliphatic heterocycles. The van der Waals surface area contributed by atoms with E-state index in [1.54, 1.807) is 13.0 Å². The number of rotatable bonds is 4. The Kier molecular flexibility index (Phi) is 4.01. The first-order chi connectivity index (χ1) is 8.06. The van der Waals surface area contributed by atoms with Gasteiger partial charge in [-0.25, -0.2) is 4.79 Å². The van der Waals surface area contributed by atoms with Crippen molar-refractivity contribution in [2.75, 3.05) is 0 Å². The van der Waals surface area contributed by atoms with Crippen molar-refractivity contribution in [1.29, 1.82) is 0 Å². The molecule has 0 aliphatic rings. The number of carboxylic acids is 1. The highest BCUT2D eigenvalue weighted by Gasteiger charge is 2.15. The third-order valence-electron chi connectivity index (χ3n) is 2.25. The molecule has 0 saturated carbocycles. The zero-order chi connectivity index (χ0) is 13.0. The van der Waals surface area contributed by atoms with Gasteiger partial charge in [0.2, 0.25) is 0 Å². The van der Waals surface area contributed by atoms with Gasteiger partial charge in [-0.15, -0.1) is 0 Å². The Balaban J connectivity index is 3.75. The molecule has 5 heteroatoms. The summed E-state index contributed by atoms with van der Waals surface area (Å²) in [5.74, 6) is -1.32. The number of hydrogen-bond donors (Lipinski definition) is 2. The minimum absolute atomic E-state index is 0.343. The molecule has 5 nitrogen and oxygen atoms in total. The van der Waals surface area contributed by atoms with Gasteiger partial charge in [0.1, 0.15) is 5.56 Å². The van der Waals surface area contributed by atoms with Crippen LogP contribution in [0, 0.1) is 0 Å². The standard InChI is InChI=1S/C12H13NO4/c1-3-5-13-10(4-2)8(7-14)6-9(11(13)15)12(16)17/h3-6,14H,2,7H2,1H3,(H,16,17)/b5-3-. The number of pyridine rings is 1. The fourth-order valence-corrected chi connectivity index (χ4v) is 1.51. The summed E-state index contributed by atoms with van der Waals surface area (Å²) in [5, 5.41) is 18.1. The predicted molar refractivity (Wildman–Crippen MR) is 64.7 cm³/mol. The summed E-state index contributed by atoms with van der Waals surface area (Å²) in [7, 11) is 0. The van der Waals surface area contributed by atoms with Crippen molar-refractivity contribution >= 4 is 18.2 Å². The highest BCUT2D eigenvalue weighted by molar-refractivity contribution is 5.87. The Hall–Kier alpha value is -2.14. The molecule has 0 amide bonds. The summed E-state index contributed by atoms with van der Waals surface area (Å²) >= 11 is 0. The van der Waals surface area contributed by atoms with Crippen molar-refractivity contribution in [2.24, 2.45) is 0 Å². The van der Waals surface area contributed by atoms with Crippen molar-refractivity contribution in [3.8, 4) is 0 Å². The molecule has 1 heterocycles. The fourth-order valence-electron chi connectivity index (χ4n) is 1.51. The molecular formula is C12H13NO4. The van der Waals surface area contributed by atoms with E-state index in [0.717, 1.165) is 4.57 Å². The van der Waals surface area contributed by atoms with Crippen LogP contribution >= 0.6 is 0 Å². The molecule has 0 aromatic carbocycles. The molecule has 0 spiro atoms. The van der Waals surface area contributed by atoms with Gasteiger partial charge < -0.3 is 10.2 Å². The van der Waals surface area contributed by atoms with Crippen LogP contribution in [-0.2, 0) is 6.61 Å². The summed E-state index contributed by atoms with van der Waals surface area (Å²) in [6.07, 6.45) is 4.44. The lowest BCUT2D eigenvalue weighted by atomic mass is 10.1. The molecule has 2 N–H and O–H groups in total. The second-order valence-electron chi connectivity index (χ2n) is 3.29. The summed E-state index contributed by atoms with van der Waals surface area (Å²) in [5.41, 5.74) is -0.295. The molecule has 1 aromatic heterocycles. The van der Waals surface area contributed by atoms with E-state index in [9.17, 15) is 9.59 Å². The second kappa shape index (κ2) is 5.27. The summed E-state index contributed by atoms with van der Waals surface area (Å²) in [6.45, 7) is 4.88. The first-order valence-electron chi connectivity index (χ1n) is 4.94. The number of allylic oxidation sites excluding steroid dienone is 1. The number of hydrogen-bond acceptors (Lipinski definition) is 3. The van der Waals surface area contributed by atoms with Gasteiger partial charge in [-0.3, -0.25) is 9.36 Å². The first-order valence-corrected chi connectivity index (χ1v) is 4.94. The van der Waals surface area contributed by atoms with Gasteiger partial charge in [-0.1, -0.05) is 12.7 Å². The van der Waals surface area contributed by atoms with Gasteiger partial charge >= 0.3 is 5.97 Å². The van der Waals surface area contributed by atoms with Gasteiger partial charge in [0, 0.05) is 11.8 Å². The number of carboxylic acid groups (broad SMARTS) is 1. The van der Waals surface area contributed by atoms with Crippen LogP contribution in [0.3, 0.4) is 0 Å². The number of carbonyl (C=O) groups is 1. The van der Waals surface area contributed by atoms with Crippen molar-refractivity contribution in [2.45, 2.75) is 13.5 Å². The van der Waals surface area contributed by atoms with Crippen LogP contribution in [0.1, 0.15) is 28.5 Å². The first kappa shape index (κ1) is 12.9. The highest BCUT2D eigenvalue weighted by Crippen LogP contribution is 2.11. The molecular weight excluding hydrogens is 222 g/mol. The topological polar surface area (TPSA) is 79.5 Å². The number of aromatic carboxylic acids is 1. The van der Waals surface area contributed by atoms with Gasteiger partial charge in [0.15, 0.2) is 0 Å². The van der Waals surface area contributed by atoms with Crippen LogP contribution in [0.2, 0.25) is 0 Å². The normalized spacial score (nSPS) is 10.7. The summed E-state index contributed by atoms with van der Waals surface area (Å²) in [4.78, 5) is 22.8. The van der Waals surface area contributed by atoms with E-state index in [1.165, 1.54) is 18.3 Å². The van der Waals surface area contributed by atoms with Crippen molar-refractivity contribution in [3.05, 3.63) is 45.9 Å². The predicted octanol–water partition coefficient (Wildman–Crippen LogP) is 1.17. The molecule has 90 valence electrons. The Labute approximate surface area is 97.9 Å². The third kappa shape index (κ3) is 2.34. The molecule has 17 heavy (non-hydrogen) atoms. The largest absolute Gasteiger partial charge is 0.477 e. The van der Waals surface area contributed by atoms with Crippen LogP contribution in [0.5, 0.6) is 0 Å². The van der Waals surface area contributed by atoms with Gasteiger partial charge in [0.25, 0.3) is 5.56 Å². The van der Waals surface area contributed by atoms with E-state index < -0.39 is 11.5 Å². The fraction of sp³-hybridized carbons (Fsp3) is 0.167. The lowest BCUT2D eigenvalue weighted by Crippen LogP contribution is -2.26. The molecule has 0 bridgehead atoms. The van der Waals surface area contributed by atoms with Crippen LogP contribution < -0.4 is 5.56 Å². The van der Waals surface area contributed by atoms with Crippen LogP contribution in [0.4, 0.5) is 0 Å². The van der Waals surface area contributed by atoms with E-state index in [1.807, 2.05) is 0 Å². The lowest BCUT2D eigenvalue weighted by Gasteiger charge is -2.10. The quantitative estimate of drug-likeness (QED) is 0.821. The number of aromatic nitrogens is 1. The van der Waals surface area contributed by atoms with Crippen molar-refractivity contribution < 1.29 is 15.0 Å². The molecule has 0 radical (unpaired) electrons. The Morgan fingerprint density at radius 3 is 2.65 bits per heavy atom. The van der Waals surface area contributed by atoms with Crippen LogP contribution in [0.25, 0.3) is 12.3 Å². The number of aliphatic hydroxyl groups is 1. The zero-order valence-corrected chi connectivity index (χ0v) is 9.38. The molecule has 1 aromatic rings. The molecule has 0 saturated heterocycles. The Morgan fingerprint density at radius 1 is 1.59 bits per heavy atom. The average Bonchev–Trinajstić information content (AvgIpc) is 2.31. The van der Waals surface area contributed by atoms with E-state index in [0.29, 0.717) is 11.3 Å². The number of nitrogens with zero attached hydrogens (tertiary/aromatic N) is 1. The van der Waals surface area contributed by atoms with Gasteiger partial charge in [0.05, 0.1) is 12.3 Å². The summed E-state index contributed by atoms with van der Waals surface area (Å²) < 4.78 is 1.15. The zero-order valence-electron chi connectivity index (χ0n) is 9.38. The number of aliphatic hydroxyl groups excluding tert-OH is 1. The maximum atomic E-state index is 11.8. The average molecular weight is 235 g/mol. The smallest absolute Gasteiger partial charge is 0.341 e. The van der Waals surface area contributed by atoms with E-state index in [2.05, 4.69) is 6.58 Å². The van der Waals surface area contributed by atoms with Gasteiger partial charge in [-0.05, 0) is 19.1 Å². The minimum atomic E-state index is -1.32. The van der Waals surface area contributed by atoms with Gasteiger partial charge in [-0.2, -0.15) is 0 Å². The van der Waals surface area contributed by atoms with Crippen molar-refractivity contribution in [1.82, 2.24) is 4.57 Å². The molecule has 0 atom stereocenters. The van der Waals surface area contributed by atoms with E-state index in [4.69, 9.17) is 10.2 Å². The molecule has 0 unspecified atom stereocenters. The highest BCUT2D eigenvalue weighted by atomic mass is 16.4. The molecule has 1 rings (SSSR count). The van der Waals surface area contributed by atoms with Crippen LogP contribution in [-0.4, -0.2) is 20.7 Å². The maximum absolute atomic E-state index is 11.8. The SMILES string of the molecule is C=Cc1c(CO)cc(C(=O)O)c(=O)n1/C=C\C. The third-order valence-corrected chi connectivity index (χ3v) is 2.25. The minimum Gasteiger partial charge on any atom is -0.477 e. The monoisotopic (exact) mass is 235 g/mol. The maximum Gasteiger partial charge on any atom is 0.341 e. The summed E-state index contributed by atoms with van der Waals surface area (Å²) in [6, 6.07) is 1.17. The van der Waals surface area contributed by atoms with Crippen LogP contribution in [0.15, 0.2) is 23.5 Å². The Morgan fingerprint density at radius 2 is 2.24 bits per heavy atom. The van der Waals surface area contributed by atoms with E-state index in [-0.39, 0.29) is 12.2 Å².